The normalized spacial score (nSPS) is 11.4. The molecule has 9 aromatic rings. The molecule has 2 aromatic heterocycles. The summed E-state index contributed by atoms with van der Waals surface area (Å²) in [7, 11) is 0. The summed E-state index contributed by atoms with van der Waals surface area (Å²) in [5.74, 6) is 1.95. The van der Waals surface area contributed by atoms with Gasteiger partial charge in [0, 0.05) is 42.2 Å². The van der Waals surface area contributed by atoms with E-state index in [0.717, 1.165) is 44.2 Å². The molecule has 0 radical (unpaired) electrons. The van der Waals surface area contributed by atoms with Crippen molar-refractivity contribution in [3.05, 3.63) is 164 Å². The summed E-state index contributed by atoms with van der Waals surface area (Å²) in [4.78, 5) is 15.2. The molecule has 3 nitrogen and oxygen atoms in total. The number of rotatable bonds is 5. The van der Waals surface area contributed by atoms with Gasteiger partial charge in [-0.3, -0.25) is 0 Å². The van der Waals surface area contributed by atoms with E-state index in [0.29, 0.717) is 17.5 Å². The molecule has 47 heavy (non-hydrogen) atoms. The smallest absolute Gasteiger partial charge is 0.164 e. The number of aromatic nitrogens is 3. The highest BCUT2D eigenvalue weighted by molar-refractivity contribution is 7.25. The number of hydrogen-bond acceptors (Lipinski definition) is 4. The molecule has 9 rings (SSSR count). The Morgan fingerprint density at radius 1 is 0.340 bits per heavy atom. The lowest BCUT2D eigenvalue weighted by molar-refractivity contribution is 1.08. The van der Waals surface area contributed by atoms with Gasteiger partial charge in [0.05, 0.1) is 0 Å². The van der Waals surface area contributed by atoms with Crippen molar-refractivity contribution in [3.63, 3.8) is 0 Å². The molecular formula is C43H27N3S. The number of fused-ring (bicyclic) bond motifs is 4. The maximum Gasteiger partial charge on any atom is 0.164 e. The highest BCUT2D eigenvalue weighted by Crippen LogP contribution is 2.38. The molecule has 0 spiro atoms. The number of benzene rings is 7. The predicted octanol–water partition coefficient (Wildman–Crippen LogP) is 11.7. The molecular weight excluding hydrogens is 591 g/mol. The maximum atomic E-state index is 5.13. The van der Waals surface area contributed by atoms with Crippen LogP contribution < -0.4 is 0 Å². The summed E-state index contributed by atoms with van der Waals surface area (Å²) in [5, 5.41) is 4.90. The Morgan fingerprint density at radius 2 is 0.894 bits per heavy atom. The summed E-state index contributed by atoms with van der Waals surface area (Å²) in [6, 6.07) is 57.4. The van der Waals surface area contributed by atoms with Crippen molar-refractivity contribution in [2.75, 3.05) is 0 Å². The molecule has 4 heteroatoms. The Hall–Kier alpha value is -5.97. The van der Waals surface area contributed by atoms with Crippen LogP contribution in [-0.4, -0.2) is 15.0 Å². The Morgan fingerprint density at radius 3 is 1.64 bits per heavy atom. The second-order valence-electron chi connectivity index (χ2n) is 11.6. The highest BCUT2D eigenvalue weighted by atomic mass is 32.1. The van der Waals surface area contributed by atoms with Gasteiger partial charge in [-0.2, -0.15) is 0 Å². The van der Waals surface area contributed by atoms with Crippen LogP contribution in [0.3, 0.4) is 0 Å². The quantitative estimate of drug-likeness (QED) is 0.193. The molecule has 0 aliphatic rings. The lowest BCUT2D eigenvalue weighted by atomic mass is 9.94. The monoisotopic (exact) mass is 617 g/mol. The molecule has 2 heterocycles. The van der Waals surface area contributed by atoms with Crippen LogP contribution >= 0.6 is 11.3 Å². The second-order valence-corrected chi connectivity index (χ2v) is 12.7. The SMILES string of the molecule is c1ccc(-c2nc(-c3ccc(-c4ccc5c(c4)sc4ccccc45)cc3)nc(-c3cccc4cccc(-c5ccccc5)c34)n2)cc1. The second kappa shape index (κ2) is 11.4. The van der Waals surface area contributed by atoms with Crippen molar-refractivity contribution in [2.24, 2.45) is 0 Å². The fourth-order valence-corrected chi connectivity index (χ4v) is 7.59. The lowest BCUT2D eigenvalue weighted by Gasteiger charge is -2.13. The van der Waals surface area contributed by atoms with Crippen molar-refractivity contribution in [1.82, 2.24) is 15.0 Å². The van der Waals surface area contributed by atoms with E-state index >= 15 is 0 Å². The minimum atomic E-state index is 0.648. The first-order chi connectivity index (χ1) is 23.3. The van der Waals surface area contributed by atoms with Gasteiger partial charge in [-0.25, -0.2) is 15.0 Å². The summed E-state index contributed by atoms with van der Waals surface area (Å²) in [6.45, 7) is 0. The first kappa shape index (κ1) is 27.3. The van der Waals surface area contributed by atoms with Crippen molar-refractivity contribution in [3.8, 4) is 56.4 Å². The van der Waals surface area contributed by atoms with Crippen LogP contribution in [0, 0.1) is 0 Å². The average Bonchev–Trinajstić information content (AvgIpc) is 3.53. The molecule has 0 aliphatic heterocycles. The maximum absolute atomic E-state index is 5.13. The van der Waals surface area contributed by atoms with Crippen molar-refractivity contribution in [1.29, 1.82) is 0 Å². The summed E-state index contributed by atoms with van der Waals surface area (Å²) < 4.78 is 2.62. The molecule has 0 bridgehead atoms. The molecule has 0 saturated carbocycles. The van der Waals surface area contributed by atoms with Gasteiger partial charge in [0.1, 0.15) is 0 Å². The van der Waals surface area contributed by atoms with Gasteiger partial charge in [0.15, 0.2) is 17.5 Å². The van der Waals surface area contributed by atoms with E-state index < -0.39 is 0 Å². The van der Waals surface area contributed by atoms with Crippen LogP contribution in [0.1, 0.15) is 0 Å². The van der Waals surface area contributed by atoms with Gasteiger partial charge in [0.2, 0.25) is 0 Å². The number of nitrogens with zero attached hydrogens (tertiary/aromatic N) is 3. The van der Waals surface area contributed by atoms with E-state index in [9.17, 15) is 0 Å². The van der Waals surface area contributed by atoms with Crippen molar-refractivity contribution < 1.29 is 0 Å². The van der Waals surface area contributed by atoms with E-state index in [2.05, 4.69) is 140 Å². The Balaban J connectivity index is 1.17. The number of thiophene rings is 1. The first-order valence-electron chi connectivity index (χ1n) is 15.7. The minimum absolute atomic E-state index is 0.648. The van der Waals surface area contributed by atoms with E-state index in [4.69, 9.17) is 15.0 Å². The topological polar surface area (TPSA) is 38.7 Å². The van der Waals surface area contributed by atoms with Gasteiger partial charge < -0.3 is 0 Å². The molecule has 0 amide bonds. The largest absolute Gasteiger partial charge is 0.208 e. The lowest BCUT2D eigenvalue weighted by Crippen LogP contribution is -2.01. The molecule has 0 N–H and O–H groups in total. The Labute approximate surface area is 276 Å². The average molecular weight is 618 g/mol. The van der Waals surface area contributed by atoms with Gasteiger partial charge in [-0.15, -0.1) is 11.3 Å². The van der Waals surface area contributed by atoms with Crippen LogP contribution in [0.15, 0.2) is 164 Å². The van der Waals surface area contributed by atoms with E-state index in [1.807, 2.05) is 35.6 Å². The van der Waals surface area contributed by atoms with Crippen molar-refractivity contribution >= 4 is 42.3 Å². The van der Waals surface area contributed by atoms with E-state index in [1.54, 1.807) is 0 Å². The molecule has 0 unspecified atom stereocenters. The zero-order chi connectivity index (χ0) is 31.2. The van der Waals surface area contributed by atoms with Crippen LogP contribution in [-0.2, 0) is 0 Å². The van der Waals surface area contributed by atoms with Gasteiger partial charge in [-0.1, -0.05) is 152 Å². The third-order valence-electron chi connectivity index (χ3n) is 8.75. The summed E-state index contributed by atoms with van der Waals surface area (Å²) >= 11 is 1.84. The zero-order valence-corrected chi connectivity index (χ0v) is 26.2. The predicted molar refractivity (Wildman–Crippen MR) is 197 cm³/mol. The van der Waals surface area contributed by atoms with Crippen LogP contribution in [0.5, 0.6) is 0 Å². The van der Waals surface area contributed by atoms with E-state index in [1.165, 1.54) is 25.7 Å². The fourth-order valence-electron chi connectivity index (χ4n) is 6.44. The third-order valence-corrected chi connectivity index (χ3v) is 9.89. The third kappa shape index (κ3) is 4.96. The van der Waals surface area contributed by atoms with Gasteiger partial charge in [-0.05, 0) is 39.8 Å². The highest BCUT2D eigenvalue weighted by Gasteiger charge is 2.17. The first-order valence-corrected chi connectivity index (χ1v) is 16.5. The minimum Gasteiger partial charge on any atom is -0.208 e. The molecule has 0 atom stereocenters. The Bertz CT molecular complexity index is 2550. The number of hydrogen-bond donors (Lipinski definition) is 0. The van der Waals surface area contributed by atoms with Gasteiger partial charge >= 0.3 is 0 Å². The standard InChI is InChI=1S/C43H27N3S/c1-3-11-29(12-4-1)34-18-9-15-30-16-10-19-37(40(30)34)43-45-41(31-13-5-2-6-14-31)44-42(46-43)32-23-21-28(22-24-32)33-25-26-36-35-17-7-8-20-38(35)47-39(36)27-33/h1-27H. The van der Waals surface area contributed by atoms with Crippen LogP contribution in [0.25, 0.3) is 87.4 Å². The van der Waals surface area contributed by atoms with Crippen molar-refractivity contribution in [2.45, 2.75) is 0 Å². The van der Waals surface area contributed by atoms with Crippen LogP contribution in [0.4, 0.5) is 0 Å². The van der Waals surface area contributed by atoms with Gasteiger partial charge in [0.25, 0.3) is 0 Å². The molecule has 220 valence electrons. The molecule has 0 aliphatic carbocycles. The Kier molecular flexibility index (Phi) is 6.65. The summed E-state index contributed by atoms with van der Waals surface area (Å²) in [5.41, 5.74) is 7.55. The van der Waals surface area contributed by atoms with E-state index in [-0.39, 0.29) is 0 Å². The fraction of sp³-hybridized carbons (Fsp3) is 0. The van der Waals surface area contributed by atoms with Crippen LogP contribution in [0.2, 0.25) is 0 Å². The zero-order valence-electron chi connectivity index (χ0n) is 25.3. The molecule has 7 aromatic carbocycles. The molecule has 0 saturated heterocycles. The summed E-state index contributed by atoms with van der Waals surface area (Å²) in [6.07, 6.45) is 0. The molecule has 0 fully saturated rings.